The summed E-state index contributed by atoms with van der Waals surface area (Å²) in [5, 5.41) is 38.2. The molecular weight excluding hydrogens is 1600 g/mol. The summed E-state index contributed by atoms with van der Waals surface area (Å²) in [6, 6.07) is 84.4. The smallest absolute Gasteiger partial charge is 0.423 e. The quantitative estimate of drug-likeness (QED) is 0.0649. The van der Waals surface area contributed by atoms with Gasteiger partial charge in [-0.15, -0.1) is 0 Å². The molecule has 18 heteroatoms. The minimum atomic E-state index is -1.43. The van der Waals surface area contributed by atoms with E-state index in [1.54, 1.807) is 18.3 Å². The van der Waals surface area contributed by atoms with E-state index < -0.39 is 7.12 Å². The lowest BCUT2D eigenvalue weighted by atomic mass is 9.73. The maximum absolute atomic E-state index is 8.93. The summed E-state index contributed by atoms with van der Waals surface area (Å²) in [7, 11) is -1.43. The highest BCUT2D eigenvalue weighted by atomic mass is 127. The number of rotatable bonds is 5. The van der Waals surface area contributed by atoms with Crippen LogP contribution in [0.25, 0.3) is 27.1 Å². The van der Waals surface area contributed by atoms with Gasteiger partial charge in [0.2, 0.25) is 5.69 Å². The van der Waals surface area contributed by atoms with Crippen LogP contribution in [0.4, 0.5) is 51.3 Å². The van der Waals surface area contributed by atoms with Gasteiger partial charge in [0.05, 0.1) is 34.8 Å². The molecule has 0 amide bonds. The third-order valence-corrected chi connectivity index (χ3v) is 20.6. The molecule has 15 rings (SSSR count). The Morgan fingerprint density at radius 3 is 1.27 bits per heavy atom. The molecule has 0 spiro atoms. The van der Waals surface area contributed by atoms with Crippen LogP contribution in [0.15, 0.2) is 273 Å². The van der Waals surface area contributed by atoms with Crippen molar-refractivity contribution in [3.8, 4) is 34.4 Å². The van der Waals surface area contributed by atoms with Gasteiger partial charge in [-0.05, 0) is 240 Å². The summed E-state index contributed by atoms with van der Waals surface area (Å²) in [6.45, 7) is 21.9. The van der Waals surface area contributed by atoms with Gasteiger partial charge in [0.15, 0.2) is 0 Å². The molecule has 0 saturated heterocycles. The maximum atomic E-state index is 8.93. The second-order valence-electron chi connectivity index (χ2n) is 24.8. The van der Waals surface area contributed by atoms with Gasteiger partial charge >= 0.3 is 7.12 Å². The van der Waals surface area contributed by atoms with E-state index in [2.05, 4.69) is 340 Å². The second kappa shape index (κ2) is 31.4. The molecule has 0 radical (unpaired) electrons. The number of pyridine rings is 3. The van der Waals surface area contributed by atoms with Gasteiger partial charge in [-0.1, -0.05) is 175 Å². The van der Waals surface area contributed by atoms with Crippen LogP contribution in [0, 0.1) is 32.8 Å². The Labute approximate surface area is 625 Å². The number of nitriles is 2. The minimum Gasteiger partial charge on any atom is -0.423 e. The van der Waals surface area contributed by atoms with Crippen molar-refractivity contribution in [2.75, 3.05) is 15.1 Å². The summed E-state index contributed by atoms with van der Waals surface area (Å²) in [4.78, 5) is 21.5. The molecule has 0 bridgehead atoms. The predicted octanol–water partition coefficient (Wildman–Crippen LogP) is 21.4. The van der Waals surface area contributed by atoms with E-state index in [4.69, 9.17) is 32.1 Å². The first-order chi connectivity index (χ1) is 47.1. The molecule has 9 aromatic carbocycles. The molecule has 3 aliphatic heterocycles. The van der Waals surface area contributed by atoms with Crippen LogP contribution in [0.2, 0.25) is 0 Å². The van der Waals surface area contributed by atoms with Gasteiger partial charge < -0.3 is 25.7 Å². The van der Waals surface area contributed by atoms with Crippen molar-refractivity contribution in [2.24, 2.45) is 0 Å². The van der Waals surface area contributed by atoms with Gasteiger partial charge in [-0.25, -0.2) is 19.8 Å². The van der Waals surface area contributed by atoms with Crippen molar-refractivity contribution in [3.63, 3.8) is 0 Å². The number of para-hydroxylation sites is 6. The Balaban J connectivity index is 0.000000162. The Hall–Kier alpha value is -9.11. The van der Waals surface area contributed by atoms with Crippen molar-refractivity contribution in [1.29, 1.82) is 10.5 Å². The highest BCUT2D eigenvalue weighted by Crippen LogP contribution is 2.55. The topological polar surface area (TPSA) is 181 Å². The Morgan fingerprint density at radius 1 is 0.444 bits per heavy atom. The Morgan fingerprint density at radius 2 is 0.838 bits per heavy atom. The number of benzene rings is 9. The van der Waals surface area contributed by atoms with Crippen LogP contribution in [0.1, 0.15) is 86.1 Å². The lowest BCUT2D eigenvalue weighted by molar-refractivity contribution is 0.425. The molecule has 0 unspecified atom stereocenters. The van der Waals surface area contributed by atoms with Crippen molar-refractivity contribution in [3.05, 3.63) is 333 Å². The first-order valence-electron chi connectivity index (χ1n) is 31.2. The molecule has 12 aromatic rings. The number of hydrogen-bond acceptors (Lipinski definition) is 10. The highest BCUT2D eigenvalue weighted by molar-refractivity contribution is 14.1. The third-order valence-electron chi connectivity index (χ3n) is 17.6. The summed E-state index contributed by atoms with van der Waals surface area (Å²) in [6.07, 6.45) is 5.10. The Bertz CT molecular complexity index is 4910. The van der Waals surface area contributed by atoms with Gasteiger partial charge in [0.1, 0.15) is 27.2 Å². The van der Waals surface area contributed by atoms with Crippen LogP contribution < -0.4 is 20.6 Å². The molecule has 3 aromatic heterocycles. The molecule has 6 heterocycles. The average Bonchev–Trinajstić information content (AvgIpc) is 0.736. The van der Waals surface area contributed by atoms with E-state index in [1.165, 1.54) is 51.0 Å². The Kier molecular flexibility index (Phi) is 23.0. The fraction of sp³-hybridized carbons (Fsp3) is 0.111. The van der Waals surface area contributed by atoms with Crippen LogP contribution in [0.3, 0.4) is 0 Å². The number of halogens is 5. The number of nitrogens with zero attached hydrogens (tertiary/aromatic N) is 8. The third kappa shape index (κ3) is 15.5. The zero-order chi connectivity index (χ0) is 69.5. The van der Waals surface area contributed by atoms with Gasteiger partial charge in [-0.3, -0.25) is 4.90 Å². The summed E-state index contributed by atoms with van der Waals surface area (Å²) in [5.41, 5.74) is 21.7. The number of nitrogens with one attached hydrogen (secondary N) is 1. The zero-order valence-electron chi connectivity index (χ0n) is 54.7. The lowest BCUT2D eigenvalue weighted by Gasteiger charge is -2.42. The van der Waals surface area contributed by atoms with E-state index in [0.717, 1.165) is 73.6 Å². The molecule has 0 saturated carbocycles. The monoisotopic (exact) mass is 1670 g/mol. The van der Waals surface area contributed by atoms with Gasteiger partial charge in [-0.2, -0.15) is 10.5 Å². The SMILES string of the molecule is CC1(C)c2ccccc2Nc2ccccc21.N#Cc1cc(-c2ccc(Br)nc2)ccc1Br.N#Cc1cc(I)ccc1Br.O.OB(O)c1ccc(Br)nc1.[C-]#[N+]c1cc(-c2ccc(N3c4ccccc4C(C)(C)c4ccccc43)nc2)ccc1N1c2ccccc2C(C)(C)c2ccccc21. The van der Waals surface area contributed by atoms with E-state index in [9.17, 15) is 0 Å². The summed E-state index contributed by atoms with van der Waals surface area (Å²) in [5.74, 6) is 0.866. The molecule has 0 fully saturated rings. The van der Waals surface area contributed by atoms with Crippen LogP contribution in [0.5, 0.6) is 0 Å². The van der Waals surface area contributed by atoms with Crippen LogP contribution >= 0.6 is 86.3 Å². The van der Waals surface area contributed by atoms with Crippen LogP contribution in [-0.2, 0) is 16.2 Å². The minimum absolute atomic E-state index is 0. The number of aromatic nitrogens is 3. The molecule has 99 heavy (non-hydrogen) atoms. The molecule has 0 atom stereocenters. The summed E-state index contributed by atoms with van der Waals surface area (Å²) >= 11 is 15.2. The molecule has 0 aliphatic carbocycles. The van der Waals surface area contributed by atoms with Gasteiger partial charge in [0.25, 0.3) is 0 Å². The standard InChI is InChI=1S/C42H34N4.C15H15N.C12H6Br2N2.C7H3BrIN.C5H5BBrNO2.H2O/c1-41(2)30-14-6-10-18-35(30)45(36-19-11-7-15-31(36)41)39-24-22-28(26-34(39)43-5)29-23-25-40(44-27-29)46-37-20-12-8-16-32(37)42(3,4)33-17-9-13-21-38(33)46;1-15(2)11-7-3-5-9-13(11)16-14-10-6-4-8-12(14)15;13-11-3-1-8(5-10(11)6-15)9-2-4-12(14)16-7-9;8-7-2-1-6(9)3-5(7)4-10;7-5-2-1-4(3-8-5)6(9)10;/h6-27H,1-4H3;3-10,16H,1-2H3;1-5,7H;1-3H;1-3,9-10H;1H2. The first kappa shape index (κ1) is 72.6. The molecule has 490 valence electrons. The van der Waals surface area contributed by atoms with Crippen molar-refractivity contribution < 1.29 is 15.5 Å². The molecule has 3 aliphatic rings. The van der Waals surface area contributed by atoms with Crippen molar-refractivity contribution in [2.45, 2.75) is 57.8 Å². The van der Waals surface area contributed by atoms with Crippen molar-refractivity contribution >= 4 is 150 Å². The second-order valence-corrected chi connectivity index (χ2v) is 29.3. The largest absolute Gasteiger partial charge is 0.490 e. The van der Waals surface area contributed by atoms with Crippen molar-refractivity contribution in [1.82, 2.24) is 15.0 Å². The normalized spacial score (nSPS) is 13.1. The molecular formula is C81H65BBr4IN9O3. The lowest BCUT2D eigenvalue weighted by Crippen LogP contribution is -2.30. The number of fused-ring (bicyclic) bond motifs is 6. The zero-order valence-corrected chi connectivity index (χ0v) is 63.2. The van der Waals surface area contributed by atoms with E-state index in [-0.39, 0.29) is 21.7 Å². The first-order valence-corrected chi connectivity index (χ1v) is 35.5. The van der Waals surface area contributed by atoms with Gasteiger partial charge in [0, 0.05) is 81.1 Å². The van der Waals surface area contributed by atoms with Crippen LogP contribution in [-0.4, -0.2) is 37.6 Å². The predicted molar refractivity (Wildman–Crippen MR) is 425 cm³/mol. The maximum Gasteiger partial charge on any atom is 0.490 e. The fourth-order valence-electron chi connectivity index (χ4n) is 12.5. The molecule has 5 N–H and O–H groups in total. The fourth-order valence-corrected chi connectivity index (χ4v) is 14.2. The number of anilines is 8. The molecule has 12 nitrogen and oxygen atoms in total. The number of hydrogen-bond donors (Lipinski definition) is 3. The van der Waals surface area contributed by atoms with E-state index >= 15 is 0 Å². The van der Waals surface area contributed by atoms with E-state index in [0.29, 0.717) is 26.9 Å². The average molecular weight is 1670 g/mol. The highest BCUT2D eigenvalue weighted by Gasteiger charge is 2.39. The van der Waals surface area contributed by atoms with E-state index in [1.807, 2.05) is 60.8 Å². The summed E-state index contributed by atoms with van der Waals surface area (Å²) < 4.78 is 4.22.